The van der Waals surface area contributed by atoms with Crippen molar-refractivity contribution in [3.8, 4) is 56.7 Å². The topological polar surface area (TPSA) is 48.5 Å². The molecule has 0 radical (unpaired) electrons. The van der Waals surface area contributed by atoms with Crippen molar-refractivity contribution in [2.24, 2.45) is 0 Å². The smallest absolute Gasteiger partial charge is 0.238 e. The van der Waals surface area contributed by atoms with E-state index in [1.165, 1.54) is 0 Å². The predicted octanol–water partition coefficient (Wildman–Crippen LogP) is 12.7. The highest BCUT2D eigenvalue weighted by Gasteiger charge is 2.21. The Labute approximate surface area is 368 Å². The molecule has 0 saturated carbocycles. The van der Waals surface area contributed by atoms with Crippen LogP contribution in [0.2, 0.25) is 0 Å². The van der Waals surface area contributed by atoms with Crippen molar-refractivity contribution in [1.29, 1.82) is 0 Å². The van der Waals surface area contributed by atoms with E-state index < -0.39 is 294 Å². The van der Waals surface area contributed by atoms with Crippen LogP contribution in [-0.2, 0) is 0 Å². The third-order valence-corrected chi connectivity index (χ3v) is 8.52. The molecule has 5 heteroatoms. The van der Waals surface area contributed by atoms with Gasteiger partial charge in [-0.05, 0) is 64.6 Å². The van der Waals surface area contributed by atoms with Gasteiger partial charge in [0.05, 0.1) is 71.6 Å². The summed E-state index contributed by atoms with van der Waals surface area (Å²) < 4.78 is 289. The Balaban J connectivity index is 1.38. The molecular weight excluding hydrogens is 683 g/mol. The van der Waals surface area contributed by atoms with E-state index in [-0.39, 0.29) is 0 Å². The van der Waals surface area contributed by atoms with Crippen LogP contribution in [0.1, 0.15) is 43.9 Å². The fourth-order valence-corrected chi connectivity index (χ4v) is 6.15. The lowest BCUT2D eigenvalue weighted by Gasteiger charge is -2.15. The molecule has 0 saturated heterocycles. The molecule has 3 aromatic heterocycles. The number of hydrogen-bond donors (Lipinski definition) is 0. The normalized spacial score (nSPS) is 19.6. The van der Waals surface area contributed by atoms with Crippen molar-refractivity contribution >= 4 is 43.6 Å². The molecule has 0 atom stereocenters. The minimum Gasteiger partial charge on any atom is -0.309 e. The summed E-state index contributed by atoms with van der Waals surface area (Å²) in [5, 5.41) is -2.31. The minimum atomic E-state index is -1.15. The second-order valence-corrected chi connectivity index (χ2v) is 11.6. The molecule has 0 fully saturated rings. The standard InChI is InChI=1S/C51H33N5/c1-3-15-34(16-4-1)36-27-29-37(30-28-36)49-52-50(54-51(53-49)56-45-24-12-7-19-39(45)40-20-8-13-25-46(40)56)42-22-10-14-26-47(42)55-44-23-11-9-21-41(44)43-33-38(31-32-48(43)55)35-17-5-2-6-18-35/h1-33H/i1D,2D,3D,4D,5D,6D,7D,8D,9D,10D,11D,12D,14D,15D,16D,17D,18D,19D,20D,21D,22D,23D,24D,25D,26D,27D,28D,29D,30D,31D,32D,33D. The fraction of sp³-hybridized carbons (Fsp3) is 0. The summed E-state index contributed by atoms with van der Waals surface area (Å²) in [6, 6.07) is -29.7. The first-order valence-electron chi connectivity index (χ1n) is 32.3. The van der Waals surface area contributed by atoms with Crippen molar-refractivity contribution in [3.05, 3.63) is 199 Å². The number of fused-ring (bicyclic) bond motifs is 6. The molecule has 0 aliphatic heterocycles. The minimum absolute atomic E-state index is 0.458. The molecule has 56 heavy (non-hydrogen) atoms. The van der Waals surface area contributed by atoms with Crippen LogP contribution in [0.3, 0.4) is 0 Å². The fourth-order valence-electron chi connectivity index (χ4n) is 6.15. The van der Waals surface area contributed by atoms with E-state index in [1.807, 2.05) is 0 Å². The Bertz CT molecular complexity index is 5040. The number of nitrogens with zero attached hydrogens (tertiary/aromatic N) is 5. The van der Waals surface area contributed by atoms with Crippen LogP contribution in [0.15, 0.2) is 199 Å². The van der Waals surface area contributed by atoms with Crippen LogP contribution in [-0.4, -0.2) is 24.1 Å². The summed E-state index contributed by atoms with van der Waals surface area (Å²) in [6.07, 6.45) is 0. The van der Waals surface area contributed by atoms with Gasteiger partial charge in [-0.15, -0.1) is 0 Å². The molecule has 3 heterocycles. The average molecular weight is 748 g/mol. The van der Waals surface area contributed by atoms with Crippen molar-refractivity contribution in [1.82, 2.24) is 24.1 Å². The largest absolute Gasteiger partial charge is 0.309 e. The maximum Gasteiger partial charge on any atom is 0.238 e. The highest BCUT2D eigenvalue weighted by atomic mass is 15.2. The van der Waals surface area contributed by atoms with Gasteiger partial charge in [0.15, 0.2) is 11.6 Å². The molecule has 262 valence electrons. The molecule has 0 aliphatic rings. The van der Waals surface area contributed by atoms with Crippen LogP contribution in [0.4, 0.5) is 0 Å². The van der Waals surface area contributed by atoms with Crippen molar-refractivity contribution in [2.45, 2.75) is 0 Å². The molecule has 11 rings (SSSR count). The van der Waals surface area contributed by atoms with Gasteiger partial charge < -0.3 is 4.57 Å². The maximum atomic E-state index is 9.71. The van der Waals surface area contributed by atoms with Crippen molar-refractivity contribution in [3.63, 3.8) is 0 Å². The molecule has 0 aliphatic carbocycles. The maximum absolute atomic E-state index is 9.71. The molecule has 0 unspecified atom stereocenters. The number of aromatic nitrogens is 5. The highest BCUT2D eigenvalue weighted by Crippen LogP contribution is 2.38. The summed E-state index contributed by atoms with van der Waals surface area (Å²) in [5.41, 5.74) is -8.72. The van der Waals surface area contributed by atoms with Crippen molar-refractivity contribution in [2.75, 3.05) is 0 Å². The molecule has 8 aromatic carbocycles. The molecule has 0 spiro atoms. The third-order valence-electron chi connectivity index (χ3n) is 8.52. The van der Waals surface area contributed by atoms with Gasteiger partial charge in [-0.2, -0.15) is 9.97 Å². The molecule has 5 nitrogen and oxygen atoms in total. The summed E-state index contributed by atoms with van der Waals surface area (Å²) in [4.78, 5) is 13.6. The number of rotatable bonds is 6. The van der Waals surface area contributed by atoms with Gasteiger partial charge in [0.25, 0.3) is 0 Å². The second-order valence-electron chi connectivity index (χ2n) is 11.6. The summed E-state index contributed by atoms with van der Waals surface area (Å²) in [5.74, 6) is -3.01. The quantitative estimate of drug-likeness (QED) is 0.170. The zero-order valence-electron chi connectivity index (χ0n) is 59.8. The number of hydrogen-bond acceptors (Lipinski definition) is 3. The lowest BCUT2D eigenvalue weighted by Crippen LogP contribution is -2.07. The van der Waals surface area contributed by atoms with Crippen LogP contribution in [0.5, 0.6) is 0 Å². The van der Waals surface area contributed by atoms with E-state index >= 15 is 0 Å². The zero-order valence-corrected chi connectivity index (χ0v) is 27.8. The number of para-hydroxylation sites is 4. The van der Waals surface area contributed by atoms with E-state index in [9.17, 15) is 17.8 Å². The first-order valence-corrected chi connectivity index (χ1v) is 16.3. The van der Waals surface area contributed by atoms with Crippen LogP contribution < -0.4 is 0 Å². The lowest BCUT2D eigenvalue weighted by molar-refractivity contribution is 0.951. The van der Waals surface area contributed by atoms with Crippen molar-refractivity contribution < 1.29 is 43.9 Å². The molecule has 0 bridgehead atoms. The Morgan fingerprint density at radius 1 is 0.339 bits per heavy atom. The summed E-state index contributed by atoms with van der Waals surface area (Å²) in [6.45, 7) is 0. The first-order chi connectivity index (χ1) is 41.1. The highest BCUT2D eigenvalue weighted by molar-refractivity contribution is 6.11. The summed E-state index contributed by atoms with van der Waals surface area (Å²) >= 11 is 0. The van der Waals surface area contributed by atoms with Gasteiger partial charge >= 0.3 is 0 Å². The van der Waals surface area contributed by atoms with Crippen LogP contribution in [0, 0.1) is 0 Å². The van der Waals surface area contributed by atoms with E-state index in [0.29, 0.717) is 4.57 Å². The van der Waals surface area contributed by atoms with E-state index in [1.54, 1.807) is 0 Å². The van der Waals surface area contributed by atoms with Crippen LogP contribution in [0.25, 0.3) is 100 Å². The first kappa shape index (κ1) is 13.3. The third kappa shape index (κ3) is 5.21. The second kappa shape index (κ2) is 13.0. The van der Waals surface area contributed by atoms with Gasteiger partial charge in [0, 0.05) is 32.7 Å². The van der Waals surface area contributed by atoms with E-state index in [4.69, 9.17) is 26.0 Å². The Morgan fingerprint density at radius 3 is 1.59 bits per heavy atom. The zero-order chi connectivity index (χ0) is 64.9. The Morgan fingerprint density at radius 2 is 0.839 bits per heavy atom. The molecule has 0 amide bonds. The SMILES string of the molecule is [2H]c1cc([2H])c2c(c1[2H])c1c([2H])c([2H])c([2H])c([2H])c1n2-c1nc(-c2c([2H])c([2H])c(-c3c([2H])c([2H])c([2H])c([2H])c3[2H])c([2H])c2[2H])nc(-c2c([2H])c([2H])c([2H])c([2H])c2-n2c3c([2H])c([2H])c([2H])c([2H])c3c3c([2H])c(-c4c([2H])c([2H])c([2H])c([2H])c4[2H])c([2H])c([2H])c32)n1. The molecule has 0 N–H and O–H groups in total. The monoisotopic (exact) mass is 747 g/mol. The van der Waals surface area contributed by atoms with Gasteiger partial charge in [-0.25, -0.2) is 4.98 Å². The molecule has 11 aromatic rings. The van der Waals surface area contributed by atoms with Gasteiger partial charge in [0.1, 0.15) is 0 Å². The average Bonchev–Trinajstić information content (AvgIpc) is 1.51. The Hall–Kier alpha value is -7.63. The molecular formula is C51H33N5. The summed E-state index contributed by atoms with van der Waals surface area (Å²) in [7, 11) is 0. The Kier molecular flexibility index (Phi) is 3.10. The predicted molar refractivity (Wildman–Crippen MR) is 230 cm³/mol. The van der Waals surface area contributed by atoms with Crippen LogP contribution >= 0.6 is 0 Å². The van der Waals surface area contributed by atoms with Gasteiger partial charge in [-0.3, -0.25) is 4.57 Å². The van der Waals surface area contributed by atoms with E-state index in [2.05, 4.69) is 15.0 Å². The van der Waals surface area contributed by atoms with Gasteiger partial charge in [-0.1, -0.05) is 157 Å². The van der Waals surface area contributed by atoms with E-state index in [0.717, 1.165) is 10.6 Å². The number of benzene rings is 8. The lowest BCUT2D eigenvalue weighted by atomic mass is 10.0. The van der Waals surface area contributed by atoms with Gasteiger partial charge in [0.2, 0.25) is 5.95 Å².